The molecular formula is C16H26ClN3OS. The Morgan fingerprint density at radius 1 is 1.32 bits per heavy atom. The van der Waals surface area contributed by atoms with Crippen LogP contribution in [0.15, 0.2) is 29.3 Å². The molecule has 0 fully saturated rings. The summed E-state index contributed by atoms with van der Waals surface area (Å²) in [5.41, 5.74) is 0.712. The number of thioether (sulfide) groups is 1. The molecule has 0 heterocycles. The van der Waals surface area contributed by atoms with Gasteiger partial charge in [-0.25, -0.2) is 0 Å². The lowest BCUT2D eigenvalue weighted by molar-refractivity contribution is 0.187. The van der Waals surface area contributed by atoms with Crippen LogP contribution in [0.5, 0.6) is 0 Å². The Morgan fingerprint density at radius 3 is 2.77 bits per heavy atom. The van der Waals surface area contributed by atoms with E-state index < -0.39 is 6.10 Å². The van der Waals surface area contributed by atoms with E-state index in [0.29, 0.717) is 10.6 Å². The standard InChI is InChI=1S/C16H26ClN3OS/c1-3-18-16(19-10-6-7-11-22-2)20-12-15(21)13-8-4-5-9-14(13)17/h4-5,8-9,15,21H,3,6-7,10-12H2,1-2H3,(H2,18,19,20). The van der Waals surface area contributed by atoms with Crippen LogP contribution in [-0.4, -0.2) is 42.7 Å². The van der Waals surface area contributed by atoms with Gasteiger partial charge in [0.1, 0.15) is 6.10 Å². The van der Waals surface area contributed by atoms with Crippen molar-refractivity contribution < 1.29 is 5.11 Å². The van der Waals surface area contributed by atoms with Crippen LogP contribution in [-0.2, 0) is 0 Å². The molecule has 0 radical (unpaired) electrons. The number of aliphatic hydroxyl groups excluding tert-OH is 1. The maximum absolute atomic E-state index is 10.2. The maximum Gasteiger partial charge on any atom is 0.191 e. The fourth-order valence-electron chi connectivity index (χ4n) is 1.94. The second-order valence-electron chi connectivity index (χ2n) is 4.88. The zero-order chi connectivity index (χ0) is 16.2. The second-order valence-corrected chi connectivity index (χ2v) is 6.28. The summed E-state index contributed by atoms with van der Waals surface area (Å²) >= 11 is 7.95. The molecule has 0 saturated carbocycles. The largest absolute Gasteiger partial charge is 0.386 e. The van der Waals surface area contributed by atoms with Crippen molar-refractivity contribution in [2.45, 2.75) is 25.9 Å². The molecule has 0 spiro atoms. The van der Waals surface area contributed by atoms with Gasteiger partial charge in [0, 0.05) is 23.7 Å². The SMILES string of the molecule is CCNC(=NCC(O)c1ccccc1Cl)NCCCCSC. The lowest BCUT2D eigenvalue weighted by Crippen LogP contribution is -2.38. The fraction of sp³-hybridized carbons (Fsp3) is 0.562. The average molecular weight is 344 g/mol. The third-order valence-corrected chi connectivity index (χ3v) is 4.14. The topological polar surface area (TPSA) is 56.7 Å². The van der Waals surface area contributed by atoms with Crippen LogP contribution in [0.1, 0.15) is 31.4 Å². The summed E-state index contributed by atoms with van der Waals surface area (Å²) in [6.07, 6.45) is 3.73. The molecule has 124 valence electrons. The molecular weight excluding hydrogens is 318 g/mol. The molecule has 0 aliphatic rings. The number of nitrogens with zero attached hydrogens (tertiary/aromatic N) is 1. The summed E-state index contributed by atoms with van der Waals surface area (Å²) in [5, 5.41) is 17.3. The molecule has 0 bridgehead atoms. The Morgan fingerprint density at radius 2 is 2.09 bits per heavy atom. The van der Waals surface area contributed by atoms with Crippen LogP contribution in [0.3, 0.4) is 0 Å². The van der Waals surface area contributed by atoms with E-state index in [4.69, 9.17) is 11.6 Å². The van der Waals surface area contributed by atoms with Gasteiger partial charge in [0.25, 0.3) is 0 Å². The van der Waals surface area contributed by atoms with E-state index in [9.17, 15) is 5.11 Å². The van der Waals surface area contributed by atoms with Gasteiger partial charge in [0.05, 0.1) is 6.54 Å². The predicted octanol–water partition coefficient (Wildman–Crippen LogP) is 3.07. The molecule has 0 amide bonds. The number of rotatable bonds is 9. The highest BCUT2D eigenvalue weighted by atomic mass is 35.5. The van der Waals surface area contributed by atoms with Gasteiger partial charge < -0.3 is 15.7 Å². The van der Waals surface area contributed by atoms with Gasteiger partial charge in [-0.15, -0.1) is 0 Å². The molecule has 4 nitrogen and oxygen atoms in total. The van der Waals surface area contributed by atoms with Gasteiger partial charge in [-0.2, -0.15) is 11.8 Å². The van der Waals surface area contributed by atoms with Crippen molar-refractivity contribution >= 4 is 29.3 Å². The summed E-state index contributed by atoms with van der Waals surface area (Å²) in [4.78, 5) is 4.43. The van der Waals surface area contributed by atoms with Gasteiger partial charge in [-0.05, 0) is 37.8 Å². The fourth-order valence-corrected chi connectivity index (χ4v) is 2.70. The third-order valence-electron chi connectivity index (χ3n) is 3.10. The van der Waals surface area contributed by atoms with Crippen molar-refractivity contribution in [1.29, 1.82) is 0 Å². The van der Waals surface area contributed by atoms with E-state index in [0.717, 1.165) is 25.5 Å². The second kappa shape index (κ2) is 11.6. The number of aliphatic hydroxyl groups is 1. The molecule has 0 aliphatic carbocycles. The van der Waals surface area contributed by atoms with Crippen LogP contribution < -0.4 is 10.6 Å². The van der Waals surface area contributed by atoms with E-state index in [1.165, 1.54) is 12.2 Å². The van der Waals surface area contributed by atoms with Crippen LogP contribution in [0.4, 0.5) is 0 Å². The van der Waals surface area contributed by atoms with Crippen molar-refractivity contribution in [2.75, 3.05) is 31.6 Å². The molecule has 6 heteroatoms. The molecule has 1 atom stereocenters. The summed E-state index contributed by atoms with van der Waals surface area (Å²) in [5.74, 6) is 1.92. The number of guanidine groups is 1. The zero-order valence-electron chi connectivity index (χ0n) is 13.3. The number of nitrogens with one attached hydrogen (secondary N) is 2. The average Bonchev–Trinajstić information content (AvgIpc) is 2.52. The lowest BCUT2D eigenvalue weighted by Gasteiger charge is -2.14. The van der Waals surface area contributed by atoms with Crippen molar-refractivity contribution in [3.8, 4) is 0 Å². The molecule has 3 N–H and O–H groups in total. The van der Waals surface area contributed by atoms with Gasteiger partial charge in [-0.1, -0.05) is 29.8 Å². The first-order valence-electron chi connectivity index (χ1n) is 7.62. The number of hydrogen-bond donors (Lipinski definition) is 3. The normalized spacial score (nSPS) is 13.0. The minimum Gasteiger partial charge on any atom is -0.386 e. The van der Waals surface area contributed by atoms with Gasteiger partial charge in [-0.3, -0.25) is 4.99 Å². The maximum atomic E-state index is 10.2. The Bertz CT molecular complexity index is 457. The smallest absolute Gasteiger partial charge is 0.191 e. The highest BCUT2D eigenvalue weighted by Crippen LogP contribution is 2.22. The number of aliphatic imine (C=N–C) groups is 1. The Hall–Kier alpha value is -0.910. The molecule has 0 aromatic heterocycles. The Labute approximate surface area is 142 Å². The van der Waals surface area contributed by atoms with Crippen molar-refractivity contribution in [3.05, 3.63) is 34.9 Å². The third kappa shape index (κ3) is 7.38. The van der Waals surface area contributed by atoms with E-state index >= 15 is 0 Å². The summed E-state index contributed by atoms with van der Waals surface area (Å²) in [6.45, 7) is 3.98. The first-order chi connectivity index (χ1) is 10.7. The van der Waals surface area contributed by atoms with Gasteiger partial charge in [0.15, 0.2) is 5.96 Å². The van der Waals surface area contributed by atoms with E-state index in [1.807, 2.05) is 36.9 Å². The minimum absolute atomic E-state index is 0.282. The first-order valence-corrected chi connectivity index (χ1v) is 9.39. The quantitative estimate of drug-likeness (QED) is 0.366. The zero-order valence-corrected chi connectivity index (χ0v) is 14.9. The number of halogens is 1. The molecule has 0 saturated heterocycles. The highest BCUT2D eigenvalue weighted by molar-refractivity contribution is 7.98. The molecule has 1 aromatic carbocycles. The minimum atomic E-state index is -0.694. The number of hydrogen-bond acceptors (Lipinski definition) is 3. The summed E-state index contributed by atoms with van der Waals surface area (Å²) < 4.78 is 0. The first kappa shape index (κ1) is 19.1. The summed E-state index contributed by atoms with van der Waals surface area (Å²) in [6, 6.07) is 7.32. The monoisotopic (exact) mass is 343 g/mol. The van der Waals surface area contributed by atoms with E-state index in [2.05, 4.69) is 21.9 Å². The Balaban J connectivity index is 2.48. The molecule has 1 rings (SSSR count). The van der Waals surface area contributed by atoms with Crippen molar-refractivity contribution in [1.82, 2.24) is 10.6 Å². The van der Waals surface area contributed by atoms with Crippen LogP contribution in [0.25, 0.3) is 0 Å². The Kier molecular flexibility index (Phi) is 10.1. The van der Waals surface area contributed by atoms with E-state index in [-0.39, 0.29) is 6.54 Å². The predicted molar refractivity (Wildman–Crippen MR) is 98.0 cm³/mol. The van der Waals surface area contributed by atoms with Gasteiger partial charge in [0.2, 0.25) is 0 Å². The van der Waals surface area contributed by atoms with Crippen molar-refractivity contribution in [3.63, 3.8) is 0 Å². The van der Waals surface area contributed by atoms with Gasteiger partial charge >= 0.3 is 0 Å². The molecule has 0 aliphatic heterocycles. The van der Waals surface area contributed by atoms with Crippen LogP contribution >= 0.6 is 23.4 Å². The number of unbranched alkanes of at least 4 members (excludes halogenated alkanes) is 1. The highest BCUT2D eigenvalue weighted by Gasteiger charge is 2.10. The molecule has 22 heavy (non-hydrogen) atoms. The van der Waals surface area contributed by atoms with E-state index in [1.54, 1.807) is 6.07 Å². The lowest BCUT2D eigenvalue weighted by atomic mass is 10.1. The van der Waals surface area contributed by atoms with Crippen LogP contribution in [0.2, 0.25) is 5.02 Å². The molecule has 1 aromatic rings. The van der Waals surface area contributed by atoms with Crippen LogP contribution in [0, 0.1) is 0 Å². The number of benzene rings is 1. The van der Waals surface area contributed by atoms with Crippen molar-refractivity contribution in [2.24, 2.45) is 4.99 Å². The summed E-state index contributed by atoms with van der Waals surface area (Å²) in [7, 11) is 0. The molecule has 1 unspecified atom stereocenters.